The number of nitrogens with one attached hydrogen (secondary N) is 1. The van der Waals surface area contributed by atoms with Crippen molar-refractivity contribution in [3.05, 3.63) is 29.8 Å². The Kier molecular flexibility index (Phi) is 4.07. The van der Waals surface area contributed by atoms with E-state index in [2.05, 4.69) is 63.4 Å². The summed E-state index contributed by atoms with van der Waals surface area (Å²) in [5, 5.41) is 3.67. The lowest BCUT2D eigenvalue weighted by Crippen LogP contribution is -2.43. The van der Waals surface area contributed by atoms with Gasteiger partial charge in [0, 0.05) is 6.54 Å². The second kappa shape index (κ2) is 5.29. The number of hydrogen-bond donors (Lipinski definition) is 1. The van der Waals surface area contributed by atoms with Gasteiger partial charge in [-0.1, -0.05) is 32.9 Å². The molecule has 0 aromatic heterocycles. The highest BCUT2D eigenvalue weighted by Gasteiger charge is 2.38. The van der Waals surface area contributed by atoms with Crippen LogP contribution in [0.5, 0.6) is 5.75 Å². The Balaban J connectivity index is 2.06. The van der Waals surface area contributed by atoms with E-state index >= 15 is 0 Å². The fourth-order valence-corrected chi connectivity index (χ4v) is 3.23. The first kappa shape index (κ1) is 14.6. The first-order valence-electron chi connectivity index (χ1n) is 7.29. The van der Waals surface area contributed by atoms with Crippen LogP contribution < -0.4 is 9.74 Å². The third-order valence-corrected chi connectivity index (χ3v) is 8.95. The Labute approximate surface area is 118 Å². The van der Waals surface area contributed by atoms with Gasteiger partial charge < -0.3 is 9.74 Å². The molecule has 1 atom stereocenters. The Morgan fingerprint density at radius 2 is 1.79 bits per heavy atom. The van der Waals surface area contributed by atoms with Crippen LogP contribution in [0.4, 0.5) is 0 Å². The lowest BCUT2D eigenvalue weighted by Gasteiger charge is -2.36. The van der Waals surface area contributed by atoms with E-state index in [0.717, 1.165) is 18.8 Å². The van der Waals surface area contributed by atoms with Crippen LogP contribution in [0.15, 0.2) is 24.3 Å². The van der Waals surface area contributed by atoms with Crippen molar-refractivity contribution in [1.29, 1.82) is 0 Å². The van der Waals surface area contributed by atoms with Crippen molar-refractivity contribution in [1.82, 2.24) is 5.32 Å². The maximum absolute atomic E-state index is 6.31. The highest BCUT2D eigenvalue weighted by Crippen LogP contribution is 2.37. The van der Waals surface area contributed by atoms with E-state index in [1.54, 1.807) is 0 Å². The summed E-state index contributed by atoms with van der Waals surface area (Å²) in [6, 6.07) is 8.77. The van der Waals surface area contributed by atoms with Crippen molar-refractivity contribution in [3.8, 4) is 5.75 Å². The average Bonchev–Trinajstić information content (AvgIpc) is 2.81. The van der Waals surface area contributed by atoms with Gasteiger partial charge in [0.25, 0.3) is 0 Å². The zero-order valence-corrected chi connectivity index (χ0v) is 13.9. The summed E-state index contributed by atoms with van der Waals surface area (Å²) in [6.07, 6.45) is 1.25. The molecule has 1 aliphatic heterocycles. The van der Waals surface area contributed by atoms with Gasteiger partial charge in [0.2, 0.25) is 8.32 Å². The van der Waals surface area contributed by atoms with E-state index in [1.807, 2.05) is 0 Å². The topological polar surface area (TPSA) is 21.3 Å². The number of hydrogen-bond acceptors (Lipinski definition) is 2. The van der Waals surface area contributed by atoms with Crippen LogP contribution in [0.3, 0.4) is 0 Å². The summed E-state index contributed by atoms with van der Waals surface area (Å²) in [4.78, 5) is 0. The molecule has 0 aliphatic carbocycles. The molecular formula is C16H27NOSi. The highest BCUT2D eigenvalue weighted by atomic mass is 28.4. The van der Waals surface area contributed by atoms with Crippen molar-refractivity contribution >= 4 is 8.32 Å². The first-order valence-corrected chi connectivity index (χ1v) is 10.2. The van der Waals surface area contributed by atoms with Gasteiger partial charge in [0.1, 0.15) is 5.75 Å². The van der Waals surface area contributed by atoms with Gasteiger partial charge in [-0.3, -0.25) is 0 Å². The molecule has 1 aliphatic rings. The first-order chi connectivity index (χ1) is 8.79. The van der Waals surface area contributed by atoms with Crippen molar-refractivity contribution in [2.75, 3.05) is 13.1 Å². The van der Waals surface area contributed by atoms with E-state index in [9.17, 15) is 0 Å². The Hall–Kier alpha value is -0.803. The largest absolute Gasteiger partial charge is 0.544 e. The molecular weight excluding hydrogens is 250 g/mol. The van der Waals surface area contributed by atoms with E-state index < -0.39 is 8.32 Å². The average molecular weight is 277 g/mol. The van der Waals surface area contributed by atoms with Crippen molar-refractivity contribution in [2.24, 2.45) is 0 Å². The SMILES string of the molecule is CC(C)(C)[Si](C)(C)Oc1ccc(C2CCNC2)cc1. The van der Waals surface area contributed by atoms with E-state index in [0.29, 0.717) is 5.92 Å². The molecule has 1 heterocycles. The van der Waals surface area contributed by atoms with Gasteiger partial charge in [-0.25, -0.2) is 0 Å². The molecule has 19 heavy (non-hydrogen) atoms. The minimum Gasteiger partial charge on any atom is -0.544 e. The maximum atomic E-state index is 6.31. The second-order valence-corrected chi connectivity index (χ2v) is 11.8. The van der Waals surface area contributed by atoms with E-state index in [1.165, 1.54) is 12.0 Å². The molecule has 0 spiro atoms. The van der Waals surface area contributed by atoms with Gasteiger partial charge in [-0.2, -0.15) is 0 Å². The lowest BCUT2D eigenvalue weighted by atomic mass is 9.99. The minimum absolute atomic E-state index is 0.251. The Bertz CT molecular complexity index is 413. The predicted octanol–water partition coefficient (Wildman–Crippen LogP) is 4.15. The Morgan fingerprint density at radius 1 is 1.16 bits per heavy atom. The third-order valence-electron chi connectivity index (χ3n) is 4.59. The molecule has 1 saturated heterocycles. The Morgan fingerprint density at radius 3 is 2.26 bits per heavy atom. The fourth-order valence-electron chi connectivity index (χ4n) is 2.19. The summed E-state index contributed by atoms with van der Waals surface area (Å²) in [7, 11) is -1.71. The van der Waals surface area contributed by atoms with Crippen LogP contribution in [0.2, 0.25) is 18.1 Å². The van der Waals surface area contributed by atoms with Gasteiger partial charge in [0.05, 0.1) is 0 Å². The zero-order valence-electron chi connectivity index (χ0n) is 12.9. The fraction of sp³-hybridized carbons (Fsp3) is 0.625. The van der Waals surface area contributed by atoms with Crippen molar-refractivity contribution in [2.45, 2.75) is 51.2 Å². The summed E-state index contributed by atoms with van der Waals surface area (Å²) in [6.45, 7) is 13.7. The summed E-state index contributed by atoms with van der Waals surface area (Å²) in [5.41, 5.74) is 1.44. The van der Waals surface area contributed by atoms with Crippen molar-refractivity contribution in [3.63, 3.8) is 0 Å². The third kappa shape index (κ3) is 3.40. The normalized spacial score (nSPS) is 20.6. The summed E-state index contributed by atoms with van der Waals surface area (Å²) in [5.74, 6) is 1.71. The monoisotopic (exact) mass is 277 g/mol. The molecule has 2 rings (SSSR count). The molecule has 0 saturated carbocycles. The number of rotatable bonds is 3. The summed E-state index contributed by atoms with van der Waals surface area (Å²) >= 11 is 0. The summed E-state index contributed by atoms with van der Waals surface area (Å²) < 4.78 is 6.31. The van der Waals surface area contributed by atoms with Crippen LogP contribution in [-0.2, 0) is 0 Å². The van der Waals surface area contributed by atoms with Crippen LogP contribution in [0, 0.1) is 0 Å². The van der Waals surface area contributed by atoms with Crippen LogP contribution in [0.25, 0.3) is 0 Å². The standard InChI is InChI=1S/C16H27NOSi/c1-16(2,3)19(4,5)18-15-8-6-13(7-9-15)14-10-11-17-12-14/h6-9,14,17H,10-12H2,1-5H3. The van der Waals surface area contributed by atoms with Gasteiger partial charge in [-0.05, 0) is 54.7 Å². The predicted molar refractivity (Wildman–Crippen MR) is 84.5 cm³/mol. The second-order valence-electron chi connectivity index (χ2n) is 7.12. The molecule has 2 nitrogen and oxygen atoms in total. The molecule has 106 valence electrons. The molecule has 0 bridgehead atoms. The molecule has 1 fully saturated rings. The van der Waals surface area contributed by atoms with Crippen LogP contribution in [-0.4, -0.2) is 21.4 Å². The maximum Gasteiger partial charge on any atom is 0.250 e. The van der Waals surface area contributed by atoms with Gasteiger partial charge in [0.15, 0.2) is 0 Å². The molecule has 0 amide bonds. The smallest absolute Gasteiger partial charge is 0.250 e. The lowest BCUT2D eigenvalue weighted by molar-refractivity contribution is 0.492. The molecule has 1 unspecified atom stereocenters. The molecule has 3 heteroatoms. The number of benzene rings is 1. The highest BCUT2D eigenvalue weighted by molar-refractivity contribution is 6.74. The van der Waals surface area contributed by atoms with Gasteiger partial charge >= 0.3 is 0 Å². The minimum atomic E-state index is -1.71. The van der Waals surface area contributed by atoms with Crippen molar-refractivity contribution < 1.29 is 4.43 Å². The zero-order chi connectivity index (χ0) is 14.1. The van der Waals surface area contributed by atoms with E-state index in [4.69, 9.17) is 4.43 Å². The molecule has 1 aromatic carbocycles. The molecule has 1 aromatic rings. The molecule has 0 radical (unpaired) electrons. The molecule has 1 N–H and O–H groups in total. The quantitative estimate of drug-likeness (QED) is 0.838. The van der Waals surface area contributed by atoms with Crippen LogP contribution >= 0.6 is 0 Å². The van der Waals surface area contributed by atoms with Crippen LogP contribution in [0.1, 0.15) is 38.7 Å². The van der Waals surface area contributed by atoms with E-state index in [-0.39, 0.29) is 5.04 Å². The van der Waals surface area contributed by atoms with Gasteiger partial charge in [-0.15, -0.1) is 0 Å².